The van der Waals surface area contributed by atoms with Crippen LogP contribution in [0, 0.1) is 5.92 Å². The summed E-state index contributed by atoms with van der Waals surface area (Å²) in [5.41, 5.74) is 1.20. The second-order valence-corrected chi connectivity index (χ2v) is 2.62. The number of hydrogen-bond donors (Lipinski definition) is 1. The molecule has 0 fully saturated rings. The van der Waals surface area contributed by atoms with E-state index in [1.54, 1.807) is 0 Å². The Bertz CT molecular complexity index is 117. The minimum atomic E-state index is 0.526. The Hall–Kier alpha value is -0.210. The van der Waals surface area contributed by atoms with E-state index in [-0.39, 0.29) is 0 Å². The van der Waals surface area contributed by atoms with E-state index in [1.807, 2.05) is 25.3 Å². The molecular formula is C9H19NS. The van der Waals surface area contributed by atoms with Gasteiger partial charge in [-0.2, -0.15) is 0 Å². The molecule has 1 nitrogen and oxygen atoms in total. The topological polar surface area (TPSA) is 26.0 Å². The van der Waals surface area contributed by atoms with E-state index in [9.17, 15) is 0 Å². The maximum Gasteiger partial charge on any atom is -0.0104 e. The third-order valence-electron chi connectivity index (χ3n) is 1.11. The second-order valence-electron chi connectivity index (χ2n) is 2.11. The van der Waals surface area contributed by atoms with Crippen LogP contribution in [0.3, 0.4) is 0 Å². The van der Waals surface area contributed by atoms with Gasteiger partial charge in [-0.1, -0.05) is 52.3 Å². The molecule has 11 heavy (non-hydrogen) atoms. The number of rotatable bonds is 3. The Balaban J connectivity index is 0. The van der Waals surface area contributed by atoms with Crippen LogP contribution in [0.1, 0.15) is 27.7 Å². The van der Waals surface area contributed by atoms with Crippen molar-refractivity contribution in [1.29, 1.82) is 0 Å². The van der Waals surface area contributed by atoms with Crippen molar-refractivity contribution in [3.63, 3.8) is 0 Å². The van der Waals surface area contributed by atoms with Gasteiger partial charge in [0.15, 0.2) is 0 Å². The van der Waals surface area contributed by atoms with Crippen molar-refractivity contribution >= 4 is 11.9 Å². The van der Waals surface area contributed by atoms with Crippen molar-refractivity contribution in [3.8, 4) is 0 Å². The minimum Gasteiger partial charge on any atom is -0.274 e. The second kappa shape index (κ2) is 9.79. The van der Waals surface area contributed by atoms with Crippen LogP contribution in [0.5, 0.6) is 0 Å². The first kappa shape index (κ1) is 13.4. The fraction of sp³-hybridized carbons (Fsp3) is 0.556. The van der Waals surface area contributed by atoms with Gasteiger partial charge in [-0.3, -0.25) is 5.14 Å². The molecule has 0 spiro atoms. The van der Waals surface area contributed by atoms with Crippen molar-refractivity contribution in [2.45, 2.75) is 27.7 Å². The smallest absolute Gasteiger partial charge is 0.0104 e. The molecule has 0 heterocycles. The van der Waals surface area contributed by atoms with Crippen LogP contribution < -0.4 is 5.14 Å². The van der Waals surface area contributed by atoms with E-state index in [2.05, 4.69) is 20.4 Å². The molecule has 0 atom stereocenters. The Morgan fingerprint density at radius 1 is 1.45 bits per heavy atom. The molecule has 2 heteroatoms. The molecule has 0 bridgehead atoms. The highest BCUT2D eigenvalue weighted by Gasteiger charge is 1.95. The summed E-state index contributed by atoms with van der Waals surface area (Å²) in [5, 5.41) is 7.15. The Kier molecular flexibility index (Phi) is 11.9. The van der Waals surface area contributed by atoms with Gasteiger partial charge in [0.1, 0.15) is 0 Å². The van der Waals surface area contributed by atoms with Crippen molar-refractivity contribution in [3.05, 3.63) is 23.6 Å². The molecular weight excluding hydrogens is 154 g/mol. The van der Waals surface area contributed by atoms with Crippen LogP contribution in [-0.2, 0) is 0 Å². The van der Waals surface area contributed by atoms with E-state index >= 15 is 0 Å². The summed E-state index contributed by atoms with van der Waals surface area (Å²) < 4.78 is 0. The molecule has 2 N–H and O–H groups in total. The zero-order chi connectivity index (χ0) is 9.28. The van der Waals surface area contributed by atoms with E-state index in [4.69, 9.17) is 5.14 Å². The first-order chi connectivity index (χ1) is 5.22. The van der Waals surface area contributed by atoms with Gasteiger partial charge in [-0.15, -0.1) is 0 Å². The zero-order valence-corrected chi connectivity index (χ0v) is 8.74. The summed E-state index contributed by atoms with van der Waals surface area (Å²) in [6, 6.07) is 0. The van der Waals surface area contributed by atoms with Gasteiger partial charge in [0, 0.05) is 0 Å². The van der Waals surface area contributed by atoms with Gasteiger partial charge in [0.05, 0.1) is 0 Å². The number of allylic oxidation sites excluding steroid dienone is 2. The fourth-order valence-electron chi connectivity index (χ4n) is 0.498. The predicted molar refractivity (Wildman–Crippen MR) is 56.2 cm³/mol. The lowest BCUT2D eigenvalue weighted by Crippen LogP contribution is -1.89. The quantitative estimate of drug-likeness (QED) is 0.523. The Morgan fingerprint density at radius 3 is 2.00 bits per heavy atom. The van der Waals surface area contributed by atoms with Gasteiger partial charge in [-0.25, -0.2) is 0 Å². The van der Waals surface area contributed by atoms with Gasteiger partial charge < -0.3 is 0 Å². The van der Waals surface area contributed by atoms with Crippen LogP contribution in [-0.4, -0.2) is 0 Å². The predicted octanol–water partition coefficient (Wildman–Crippen LogP) is 3.35. The lowest BCUT2D eigenvalue weighted by Gasteiger charge is -2.02. The van der Waals surface area contributed by atoms with Gasteiger partial charge >= 0.3 is 0 Å². The van der Waals surface area contributed by atoms with Crippen LogP contribution in [0.15, 0.2) is 23.6 Å². The van der Waals surface area contributed by atoms with E-state index in [1.165, 1.54) is 17.5 Å². The molecule has 0 aromatic heterocycles. The normalized spacial score (nSPS) is 10.5. The van der Waals surface area contributed by atoms with Crippen molar-refractivity contribution < 1.29 is 0 Å². The molecule has 0 rings (SSSR count). The molecule has 66 valence electrons. The summed E-state index contributed by atoms with van der Waals surface area (Å²) in [5.74, 6) is 0.526. The lowest BCUT2D eigenvalue weighted by molar-refractivity contribution is 0.794. The Morgan fingerprint density at radius 2 is 1.91 bits per heavy atom. The van der Waals surface area contributed by atoms with E-state index in [0.717, 1.165) is 0 Å². The molecule has 0 saturated heterocycles. The standard InChI is InChI=1S/C7H13NS.C2H6/c1-4-7(5-9-8)6(2)3;1-2/h4-6H,1,8H2,2-3H3;1-2H3/b7-5+;. The summed E-state index contributed by atoms with van der Waals surface area (Å²) in [6.45, 7) is 11.9. The highest BCUT2D eigenvalue weighted by atomic mass is 32.2. The molecule has 0 aliphatic carbocycles. The Labute approximate surface area is 74.9 Å². The highest BCUT2D eigenvalue weighted by Crippen LogP contribution is 2.12. The molecule has 0 aromatic rings. The van der Waals surface area contributed by atoms with E-state index < -0.39 is 0 Å². The van der Waals surface area contributed by atoms with Crippen molar-refractivity contribution in [2.24, 2.45) is 11.1 Å². The van der Waals surface area contributed by atoms with Crippen molar-refractivity contribution in [1.82, 2.24) is 0 Å². The molecule has 0 radical (unpaired) electrons. The first-order valence-electron chi connectivity index (χ1n) is 3.90. The van der Waals surface area contributed by atoms with Crippen molar-refractivity contribution in [2.75, 3.05) is 0 Å². The SMILES string of the molecule is C=C/C(=C\SN)C(C)C.CC. The molecule has 0 aliphatic rings. The monoisotopic (exact) mass is 173 g/mol. The maximum atomic E-state index is 5.24. The third kappa shape index (κ3) is 7.69. The van der Waals surface area contributed by atoms with Crippen LogP contribution >= 0.6 is 11.9 Å². The summed E-state index contributed by atoms with van der Waals surface area (Å²) in [6.07, 6.45) is 1.84. The van der Waals surface area contributed by atoms with Crippen LogP contribution in [0.25, 0.3) is 0 Å². The van der Waals surface area contributed by atoms with E-state index in [0.29, 0.717) is 5.92 Å². The molecule has 0 amide bonds. The molecule has 0 unspecified atom stereocenters. The highest BCUT2D eigenvalue weighted by molar-refractivity contribution is 8.00. The summed E-state index contributed by atoms with van der Waals surface area (Å²) in [7, 11) is 0. The van der Waals surface area contributed by atoms with Crippen LogP contribution in [0.4, 0.5) is 0 Å². The van der Waals surface area contributed by atoms with Gasteiger partial charge in [0.2, 0.25) is 0 Å². The fourth-order valence-corrected chi connectivity index (χ4v) is 1.02. The average Bonchev–Trinajstić information content (AvgIpc) is 2.03. The van der Waals surface area contributed by atoms with Crippen LogP contribution in [0.2, 0.25) is 0 Å². The zero-order valence-electron chi connectivity index (χ0n) is 7.92. The average molecular weight is 173 g/mol. The first-order valence-corrected chi connectivity index (χ1v) is 4.84. The van der Waals surface area contributed by atoms with Gasteiger partial charge in [-0.05, 0) is 16.9 Å². The van der Waals surface area contributed by atoms with Gasteiger partial charge in [0.25, 0.3) is 0 Å². The summed E-state index contributed by atoms with van der Waals surface area (Å²) in [4.78, 5) is 0. The number of nitrogens with two attached hydrogens (primary N) is 1. The third-order valence-corrected chi connectivity index (χ3v) is 1.51. The lowest BCUT2D eigenvalue weighted by atomic mass is 10.1. The molecule has 0 aromatic carbocycles. The molecule has 0 saturated carbocycles. The minimum absolute atomic E-state index is 0.526. The number of hydrogen-bond acceptors (Lipinski definition) is 2. The largest absolute Gasteiger partial charge is 0.274 e. The summed E-state index contributed by atoms with van der Waals surface area (Å²) >= 11 is 1.23. The molecule has 0 aliphatic heterocycles. The maximum absolute atomic E-state index is 5.24.